The lowest BCUT2D eigenvalue weighted by molar-refractivity contribution is 0.431. The lowest BCUT2D eigenvalue weighted by atomic mass is 10.0. The van der Waals surface area contributed by atoms with Crippen molar-refractivity contribution < 1.29 is 0 Å². The van der Waals surface area contributed by atoms with Gasteiger partial charge in [0.2, 0.25) is 0 Å². The van der Waals surface area contributed by atoms with Gasteiger partial charge in [0.1, 0.15) is 12.3 Å². The van der Waals surface area contributed by atoms with Gasteiger partial charge < -0.3 is 14.5 Å². The topological polar surface area (TPSA) is 33.9 Å². The molecular formula is C52H36N4S. The predicted octanol–water partition coefficient (Wildman–Crippen LogP) is 13.7. The molecule has 5 heteroatoms. The van der Waals surface area contributed by atoms with Gasteiger partial charge in [-0.15, -0.1) is 11.3 Å². The third-order valence-corrected chi connectivity index (χ3v) is 13.0. The van der Waals surface area contributed by atoms with Crippen LogP contribution in [-0.2, 0) is 0 Å². The largest absolute Gasteiger partial charge is 0.364 e. The van der Waals surface area contributed by atoms with E-state index in [2.05, 4.69) is 214 Å². The summed E-state index contributed by atoms with van der Waals surface area (Å²) < 4.78 is 6.20. The molecule has 2 atom stereocenters. The lowest BCUT2D eigenvalue weighted by Gasteiger charge is -2.35. The van der Waals surface area contributed by atoms with Crippen LogP contribution < -0.4 is 10.6 Å². The zero-order chi connectivity index (χ0) is 37.5. The van der Waals surface area contributed by atoms with Gasteiger partial charge in [-0.3, -0.25) is 5.32 Å². The molecule has 0 bridgehead atoms. The summed E-state index contributed by atoms with van der Waals surface area (Å²) >= 11 is 1.87. The molecule has 57 heavy (non-hydrogen) atoms. The third kappa shape index (κ3) is 5.10. The Morgan fingerprint density at radius 2 is 0.982 bits per heavy atom. The van der Waals surface area contributed by atoms with Crippen LogP contribution >= 0.6 is 11.3 Å². The number of rotatable bonds is 5. The minimum atomic E-state index is -0.107. The Hall–Kier alpha value is -6.92. The molecule has 1 aliphatic heterocycles. The second-order valence-electron chi connectivity index (χ2n) is 15.0. The van der Waals surface area contributed by atoms with Gasteiger partial charge in [-0.2, -0.15) is 0 Å². The third-order valence-electron chi connectivity index (χ3n) is 11.8. The van der Waals surface area contributed by atoms with Gasteiger partial charge in [0.15, 0.2) is 0 Å². The van der Waals surface area contributed by atoms with Gasteiger partial charge in [0.05, 0.1) is 32.6 Å². The molecule has 11 aromatic rings. The van der Waals surface area contributed by atoms with Gasteiger partial charge in [-0.05, 0) is 88.5 Å². The van der Waals surface area contributed by atoms with Crippen LogP contribution in [0, 0.1) is 0 Å². The number of nitrogens with one attached hydrogen (secondary N) is 2. The summed E-state index contributed by atoms with van der Waals surface area (Å²) in [5.41, 5.74) is 13.3. The number of fused-ring (bicyclic) bond motifs is 9. The molecule has 0 radical (unpaired) electrons. The number of benzene rings is 8. The van der Waals surface area contributed by atoms with E-state index in [1.54, 1.807) is 0 Å². The minimum Gasteiger partial charge on any atom is -0.364 e. The highest BCUT2D eigenvalue weighted by Crippen LogP contribution is 2.47. The van der Waals surface area contributed by atoms with E-state index in [4.69, 9.17) is 0 Å². The second-order valence-corrected chi connectivity index (χ2v) is 16.1. The molecule has 0 aliphatic carbocycles. The first kappa shape index (κ1) is 32.3. The van der Waals surface area contributed by atoms with Crippen LogP contribution in [0.2, 0.25) is 0 Å². The van der Waals surface area contributed by atoms with Gasteiger partial charge >= 0.3 is 0 Å². The van der Waals surface area contributed by atoms with Gasteiger partial charge in [-0.1, -0.05) is 133 Å². The van der Waals surface area contributed by atoms with Crippen molar-refractivity contribution in [3.8, 4) is 27.9 Å². The number of para-hydroxylation sites is 3. The molecule has 0 amide bonds. The maximum absolute atomic E-state index is 4.11. The first-order chi connectivity index (χ1) is 28.3. The van der Waals surface area contributed by atoms with Crippen LogP contribution in [0.15, 0.2) is 194 Å². The van der Waals surface area contributed by atoms with Crippen molar-refractivity contribution in [1.82, 2.24) is 14.5 Å². The summed E-state index contributed by atoms with van der Waals surface area (Å²) in [5, 5.41) is 14.4. The Balaban J connectivity index is 1.02. The quantitative estimate of drug-likeness (QED) is 0.184. The highest BCUT2D eigenvalue weighted by molar-refractivity contribution is 7.19. The molecule has 0 saturated carbocycles. The zero-order valence-electron chi connectivity index (χ0n) is 30.9. The molecule has 2 unspecified atom stereocenters. The average molecular weight is 749 g/mol. The SMILES string of the molecule is c1ccc(-c2cccc(C3Nc4c(sc5ccccc45)C(n4c5ccccc5c5cc(-c6ccc7c(c6)c6ccccc6n7-c6ccccc6)ccc54)N3)c2)cc1. The maximum atomic E-state index is 4.11. The smallest absolute Gasteiger partial charge is 0.124 e. The van der Waals surface area contributed by atoms with E-state index in [1.807, 2.05) is 11.3 Å². The predicted molar refractivity (Wildman–Crippen MR) is 241 cm³/mol. The minimum absolute atomic E-state index is 0.0993. The normalized spacial score (nSPS) is 15.4. The molecular weight excluding hydrogens is 713 g/mol. The highest BCUT2D eigenvalue weighted by Gasteiger charge is 2.33. The van der Waals surface area contributed by atoms with Crippen molar-refractivity contribution in [2.75, 3.05) is 5.32 Å². The van der Waals surface area contributed by atoms with Gasteiger partial charge in [0.25, 0.3) is 0 Å². The summed E-state index contributed by atoms with van der Waals surface area (Å²) in [6, 6.07) is 70.7. The molecule has 0 fully saturated rings. The standard InChI is InChI=1S/C52H36N4S/c1-3-14-33(15-4-1)34-16-13-17-37(30-34)51-53-49-41-22-9-12-25-48(41)57-50(49)52(54-51)56-45-24-11-8-21-40(45)43-32-36(27-29-47(43)56)35-26-28-46-42(31-35)39-20-7-10-23-44(39)55(46)38-18-5-2-6-19-38/h1-32,51-54H. The Labute approximate surface area is 333 Å². The molecule has 0 saturated heterocycles. The maximum Gasteiger partial charge on any atom is 0.124 e. The molecule has 3 aromatic heterocycles. The fourth-order valence-corrected chi connectivity index (χ4v) is 10.4. The molecule has 8 aromatic carbocycles. The van der Waals surface area contributed by atoms with Crippen LogP contribution in [-0.4, -0.2) is 9.13 Å². The fraction of sp³-hybridized carbons (Fsp3) is 0.0385. The first-order valence-electron chi connectivity index (χ1n) is 19.6. The Kier molecular flexibility index (Phi) is 7.27. The Morgan fingerprint density at radius 1 is 0.421 bits per heavy atom. The zero-order valence-corrected chi connectivity index (χ0v) is 31.7. The number of nitrogens with zero attached hydrogens (tertiary/aromatic N) is 2. The summed E-state index contributed by atoms with van der Waals surface area (Å²) in [7, 11) is 0. The van der Waals surface area contributed by atoms with Gasteiger partial charge in [-0.25, -0.2) is 0 Å². The van der Waals surface area contributed by atoms with E-state index < -0.39 is 0 Å². The molecule has 270 valence electrons. The van der Waals surface area contributed by atoms with E-state index in [9.17, 15) is 0 Å². The highest BCUT2D eigenvalue weighted by atomic mass is 32.1. The molecule has 4 heterocycles. The van der Waals surface area contributed by atoms with E-state index in [0.717, 1.165) is 0 Å². The van der Waals surface area contributed by atoms with Crippen LogP contribution in [0.1, 0.15) is 22.8 Å². The fourth-order valence-electron chi connectivity index (χ4n) is 9.19. The van der Waals surface area contributed by atoms with E-state index in [0.29, 0.717) is 0 Å². The van der Waals surface area contributed by atoms with E-state index in [-0.39, 0.29) is 12.3 Å². The van der Waals surface area contributed by atoms with Crippen molar-refractivity contribution in [2.45, 2.75) is 12.3 Å². The van der Waals surface area contributed by atoms with Gasteiger partial charge in [0, 0.05) is 37.3 Å². The van der Waals surface area contributed by atoms with E-state index in [1.165, 1.54) is 97.8 Å². The average Bonchev–Trinajstić information content (AvgIpc) is 3.94. The molecule has 1 aliphatic rings. The number of hydrogen-bond donors (Lipinski definition) is 2. The molecule has 12 rings (SSSR count). The number of thiophene rings is 1. The number of anilines is 1. The summed E-state index contributed by atoms with van der Waals surface area (Å²) in [5.74, 6) is 0. The number of aromatic nitrogens is 2. The van der Waals surface area contributed by atoms with Crippen LogP contribution in [0.3, 0.4) is 0 Å². The van der Waals surface area contributed by atoms with Crippen molar-refractivity contribution in [2.24, 2.45) is 0 Å². The van der Waals surface area contributed by atoms with Crippen LogP contribution in [0.4, 0.5) is 5.69 Å². The lowest BCUT2D eigenvalue weighted by Crippen LogP contribution is -2.39. The van der Waals surface area contributed by atoms with Crippen LogP contribution in [0.25, 0.3) is 81.6 Å². The summed E-state index contributed by atoms with van der Waals surface area (Å²) in [6.07, 6.45) is -0.206. The Bertz CT molecular complexity index is 3320. The van der Waals surface area contributed by atoms with E-state index >= 15 is 0 Å². The number of hydrogen-bond acceptors (Lipinski definition) is 3. The Morgan fingerprint density at radius 3 is 1.77 bits per heavy atom. The van der Waals surface area contributed by atoms with Crippen LogP contribution in [0.5, 0.6) is 0 Å². The summed E-state index contributed by atoms with van der Waals surface area (Å²) in [6.45, 7) is 0. The first-order valence-corrected chi connectivity index (χ1v) is 20.4. The molecule has 4 nitrogen and oxygen atoms in total. The second kappa shape index (κ2) is 12.8. The molecule has 2 N–H and O–H groups in total. The van der Waals surface area contributed by atoms with Crippen molar-refractivity contribution >= 4 is 70.7 Å². The van der Waals surface area contributed by atoms with Crippen molar-refractivity contribution in [1.29, 1.82) is 0 Å². The van der Waals surface area contributed by atoms with Crippen molar-refractivity contribution in [3.63, 3.8) is 0 Å². The summed E-state index contributed by atoms with van der Waals surface area (Å²) in [4.78, 5) is 1.29. The van der Waals surface area contributed by atoms with Crippen molar-refractivity contribution in [3.05, 3.63) is 205 Å². The monoisotopic (exact) mass is 748 g/mol. The molecule has 0 spiro atoms.